The van der Waals surface area contributed by atoms with Crippen LogP contribution < -0.4 is 5.73 Å². The molecule has 110 valence electrons. The van der Waals surface area contributed by atoms with Gasteiger partial charge in [0.05, 0.1) is 19.3 Å². The molecule has 0 aromatic heterocycles. The molecule has 5 nitrogen and oxygen atoms in total. The summed E-state index contributed by atoms with van der Waals surface area (Å²) < 4.78 is 5.56. The Morgan fingerprint density at radius 1 is 1.35 bits per heavy atom. The van der Waals surface area contributed by atoms with Crippen molar-refractivity contribution in [3.8, 4) is 0 Å². The summed E-state index contributed by atoms with van der Waals surface area (Å²) in [5.74, 6) is 0.127. The Labute approximate surface area is 119 Å². The van der Waals surface area contributed by atoms with Gasteiger partial charge in [0.2, 0.25) is 0 Å². The highest BCUT2D eigenvalue weighted by Crippen LogP contribution is 2.18. The van der Waals surface area contributed by atoms with Crippen molar-refractivity contribution in [3.05, 3.63) is 35.4 Å². The molecule has 1 heterocycles. The Morgan fingerprint density at radius 2 is 2.05 bits per heavy atom. The average molecular weight is 277 g/mol. The molecule has 0 radical (unpaired) electrons. The molecule has 1 fully saturated rings. The number of nitrogens with two attached hydrogens (primary N) is 1. The van der Waals surface area contributed by atoms with E-state index in [4.69, 9.17) is 21.0 Å². The molecule has 5 heteroatoms. The van der Waals surface area contributed by atoms with Gasteiger partial charge in [0.1, 0.15) is 5.84 Å². The molecule has 0 aliphatic carbocycles. The van der Waals surface area contributed by atoms with Gasteiger partial charge in [0.25, 0.3) is 0 Å². The van der Waals surface area contributed by atoms with Gasteiger partial charge in [-0.25, -0.2) is 0 Å². The Kier molecular flexibility index (Phi) is 5.52. The van der Waals surface area contributed by atoms with E-state index in [2.05, 4.69) is 4.90 Å². The minimum absolute atomic E-state index is 0.0895. The number of amidine groups is 1. The van der Waals surface area contributed by atoms with Crippen molar-refractivity contribution in [2.75, 3.05) is 26.3 Å². The molecule has 1 aromatic carbocycles. The predicted octanol–water partition coefficient (Wildman–Crippen LogP) is 0.944. The highest BCUT2D eigenvalue weighted by Gasteiger charge is 2.20. The van der Waals surface area contributed by atoms with E-state index in [0.717, 1.165) is 43.6 Å². The Hall–Kier alpha value is -1.43. The van der Waals surface area contributed by atoms with Crippen molar-refractivity contribution >= 4 is 5.84 Å². The third-order valence-corrected chi connectivity index (χ3v) is 3.68. The van der Waals surface area contributed by atoms with Gasteiger partial charge in [-0.05, 0) is 18.4 Å². The van der Waals surface area contributed by atoms with E-state index in [1.165, 1.54) is 0 Å². The van der Waals surface area contributed by atoms with Crippen molar-refractivity contribution in [3.63, 3.8) is 0 Å². The number of piperidine rings is 1. The number of hydrogen-bond donors (Lipinski definition) is 3. The number of rotatable bonds is 6. The maximum Gasteiger partial charge on any atom is 0.123 e. The summed E-state index contributed by atoms with van der Waals surface area (Å²) in [6, 6.07) is 7.83. The van der Waals surface area contributed by atoms with Crippen LogP contribution in [-0.2, 0) is 11.3 Å². The number of likely N-dealkylation sites (tertiary alicyclic amines) is 1. The lowest BCUT2D eigenvalue weighted by Gasteiger charge is -2.32. The van der Waals surface area contributed by atoms with Crippen LogP contribution in [0.4, 0.5) is 0 Å². The quantitative estimate of drug-likeness (QED) is 0.534. The van der Waals surface area contributed by atoms with Crippen LogP contribution in [-0.4, -0.2) is 48.2 Å². The van der Waals surface area contributed by atoms with Crippen molar-refractivity contribution in [1.29, 1.82) is 5.41 Å². The molecule has 0 saturated carbocycles. The lowest BCUT2D eigenvalue weighted by atomic mass is 10.0. The van der Waals surface area contributed by atoms with Crippen molar-refractivity contribution in [2.45, 2.75) is 25.5 Å². The first-order valence-corrected chi connectivity index (χ1v) is 7.08. The van der Waals surface area contributed by atoms with Crippen LogP contribution >= 0.6 is 0 Å². The van der Waals surface area contributed by atoms with Crippen LogP contribution in [0.15, 0.2) is 24.3 Å². The third kappa shape index (κ3) is 4.03. The number of ether oxygens (including phenoxy) is 1. The van der Waals surface area contributed by atoms with E-state index in [-0.39, 0.29) is 18.5 Å². The lowest BCUT2D eigenvalue weighted by Crippen LogP contribution is -2.37. The second-order valence-corrected chi connectivity index (χ2v) is 5.14. The lowest BCUT2D eigenvalue weighted by molar-refractivity contribution is -0.00902. The van der Waals surface area contributed by atoms with Crippen LogP contribution in [0.3, 0.4) is 0 Å². The Bertz CT molecular complexity index is 442. The molecule has 1 aromatic rings. The molecule has 1 aliphatic rings. The summed E-state index contributed by atoms with van der Waals surface area (Å²) >= 11 is 0. The molecule has 4 N–H and O–H groups in total. The van der Waals surface area contributed by atoms with Gasteiger partial charge in [-0.15, -0.1) is 0 Å². The molecule has 0 amide bonds. The van der Waals surface area contributed by atoms with Crippen molar-refractivity contribution in [1.82, 2.24) is 4.90 Å². The topological polar surface area (TPSA) is 82.6 Å². The summed E-state index contributed by atoms with van der Waals surface area (Å²) in [7, 11) is 0. The molecular formula is C15H23N3O2. The van der Waals surface area contributed by atoms with Crippen molar-refractivity contribution < 1.29 is 9.84 Å². The van der Waals surface area contributed by atoms with Gasteiger partial charge in [-0.1, -0.05) is 24.3 Å². The predicted molar refractivity (Wildman–Crippen MR) is 78.8 cm³/mol. The van der Waals surface area contributed by atoms with Crippen LogP contribution in [0.2, 0.25) is 0 Å². The van der Waals surface area contributed by atoms with Crippen LogP contribution in [0, 0.1) is 5.41 Å². The second-order valence-electron chi connectivity index (χ2n) is 5.14. The maximum absolute atomic E-state index is 8.76. The third-order valence-electron chi connectivity index (χ3n) is 3.68. The number of aliphatic hydroxyl groups excluding tert-OH is 1. The molecule has 1 aliphatic heterocycles. The summed E-state index contributed by atoms with van der Waals surface area (Å²) in [5.41, 5.74) is 7.55. The normalized spacial score (nSPS) is 17.2. The molecule has 1 saturated heterocycles. The van der Waals surface area contributed by atoms with E-state index in [1.807, 2.05) is 24.3 Å². The second kappa shape index (κ2) is 7.38. The smallest absolute Gasteiger partial charge is 0.123 e. The fourth-order valence-electron chi connectivity index (χ4n) is 2.62. The molecule has 20 heavy (non-hydrogen) atoms. The van der Waals surface area contributed by atoms with Gasteiger partial charge in [0.15, 0.2) is 0 Å². The maximum atomic E-state index is 8.76. The SMILES string of the molecule is N=C(N)c1ccccc1CN1CCC(OCCO)CC1. The molecule has 0 bridgehead atoms. The average Bonchev–Trinajstić information content (AvgIpc) is 2.47. The minimum Gasteiger partial charge on any atom is -0.394 e. The summed E-state index contributed by atoms with van der Waals surface area (Å²) in [6.07, 6.45) is 2.24. The van der Waals surface area contributed by atoms with Crippen LogP contribution in [0.25, 0.3) is 0 Å². The van der Waals surface area contributed by atoms with Crippen LogP contribution in [0.1, 0.15) is 24.0 Å². The standard InChI is InChI=1S/C15H23N3O2/c16-15(17)14-4-2-1-3-12(14)11-18-7-5-13(6-8-18)20-10-9-19/h1-4,13,19H,5-11H2,(H3,16,17). The molecule has 0 spiro atoms. The highest BCUT2D eigenvalue weighted by atomic mass is 16.5. The van der Waals surface area contributed by atoms with Gasteiger partial charge in [-0.3, -0.25) is 10.3 Å². The first kappa shape index (κ1) is 15.0. The number of benzene rings is 1. The number of nitrogen functional groups attached to an aromatic ring is 1. The Balaban J connectivity index is 1.88. The van der Waals surface area contributed by atoms with E-state index >= 15 is 0 Å². The molecular weight excluding hydrogens is 254 g/mol. The zero-order valence-electron chi connectivity index (χ0n) is 11.7. The summed E-state index contributed by atoms with van der Waals surface area (Å²) in [5, 5.41) is 16.4. The zero-order valence-corrected chi connectivity index (χ0v) is 11.7. The number of hydrogen-bond acceptors (Lipinski definition) is 4. The monoisotopic (exact) mass is 277 g/mol. The fraction of sp³-hybridized carbons (Fsp3) is 0.533. The first-order valence-electron chi connectivity index (χ1n) is 7.08. The van der Waals surface area contributed by atoms with Gasteiger partial charge < -0.3 is 15.6 Å². The molecule has 0 unspecified atom stereocenters. The number of nitrogens with one attached hydrogen (secondary N) is 1. The van der Waals surface area contributed by atoms with Gasteiger partial charge in [-0.2, -0.15) is 0 Å². The molecule has 0 atom stereocenters. The zero-order chi connectivity index (χ0) is 14.4. The Morgan fingerprint density at radius 3 is 2.70 bits per heavy atom. The number of nitrogens with zero attached hydrogens (tertiary/aromatic N) is 1. The van der Waals surface area contributed by atoms with Gasteiger partial charge >= 0.3 is 0 Å². The van der Waals surface area contributed by atoms with Gasteiger partial charge in [0, 0.05) is 25.2 Å². The van der Waals surface area contributed by atoms with Crippen molar-refractivity contribution in [2.24, 2.45) is 5.73 Å². The first-order chi connectivity index (χ1) is 9.70. The van der Waals surface area contributed by atoms with E-state index < -0.39 is 0 Å². The summed E-state index contributed by atoms with van der Waals surface area (Å²) in [6.45, 7) is 3.29. The number of aliphatic hydroxyl groups is 1. The van der Waals surface area contributed by atoms with E-state index in [9.17, 15) is 0 Å². The van der Waals surface area contributed by atoms with Crippen LogP contribution in [0.5, 0.6) is 0 Å². The molecule has 2 rings (SSSR count). The minimum atomic E-state index is 0.0895. The highest BCUT2D eigenvalue weighted by molar-refractivity contribution is 5.96. The largest absolute Gasteiger partial charge is 0.394 e. The fourth-order valence-corrected chi connectivity index (χ4v) is 2.62. The van der Waals surface area contributed by atoms with E-state index in [1.54, 1.807) is 0 Å². The summed E-state index contributed by atoms with van der Waals surface area (Å²) in [4.78, 5) is 2.36. The van der Waals surface area contributed by atoms with E-state index in [0.29, 0.717) is 6.61 Å².